The zero-order valence-electron chi connectivity index (χ0n) is 18.2. The molecule has 5 rings (SSSR count). The van der Waals surface area contributed by atoms with Gasteiger partial charge < -0.3 is 19.9 Å². The van der Waals surface area contributed by atoms with Crippen LogP contribution in [-0.4, -0.2) is 72.4 Å². The fraction of sp³-hybridized carbons (Fsp3) is 0.565. The van der Waals surface area contributed by atoms with Crippen LogP contribution in [-0.2, 0) is 14.4 Å². The number of anilines is 1. The van der Waals surface area contributed by atoms with Gasteiger partial charge in [0.25, 0.3) is 5.91 Å². The Morgan fingerprint density at radius 1 is 1.12 bits per heavy atom. The summed E-state index contributed by atoms with van der Waals surface area (Å²) < 4.78 is 5.12. The minimum Gasteiger partial charge on any atom is -0.497 e. The van der Waals surface area contributed by atoms with Crippen LogP contribution in [0.4, 0.5) is 10.5 Å². The molecule has 4 aliphatic rings. The van der Waals surface area contributed by atoms with Gasteiger partial charge in [0.1, 0.15) is 11.8 Å². The highest BCUT2D eigenvalue weighted by atomic mass is 16.5. The van der Waals surface area contributed by atoms with Crippen molar-refractivity contribution in [1.29, 1.82) is 0 Å². The standard InChI is InChI=1S/C23H28N4O5/c1-32-17-7-5-16(6-8-17)27-22(30)18(24-23(27)31)10-21(29)25-11-14-9-15(13-25)19-3-2-4-20(28)26(19)12-14/h5-8,14-15,18-19H,2-4,9-13H2,1H3,(H,24,31). The zero-order valence-corrected chi connectivity index (χ0v) is 18.2. The molecule has 1 aromatic carbocycles. The molecule has 1 N–H and O–H groups in total. The third-order valence-electron chi connectivity index (χ3n) is 7.26. The number of fused-ring (bicyclic) bond motifs is 4. The fourth-order valence-corrected chi connectivity index (χ4v) is 5.76. The van der Waals surface area contributed by atoms with Gasteiger partial charge in [-0.15, -0.1) is 0 Å². The Morgan fingerprint density at radius 3 is 2.66 bits per heavy atom. The van der Waals surface area contributed by atoms with Crippen molar-refractivity contribution in [3.05, 3.63) is 24.3 Å². The number of amides is 5. The smallest absolute Gasteiger partial charge is 0.329 e. The molecule has 0 spiro atoms. The number of imide groups is 1. The highest BCUT2D eigenvalue weighted by Gasteiger charge is 2.46. The lowest BCUT2D eigenvalue weighted by atomic mass is 9.76. The van der Waals surface area contributed by atoms with Gasteiger partial charge >= 0.3 is 6.03 Å². The average Bonchev–Trinajstić information content (AvgIpc) is 3.07. The molecule has 0 radical (unpaired) electrons. The maximum Gasteiger partial charge on any atom is 0.329 e. The van der Waals surface area contributed by atoms with Crippen LogP contribution in [0.3, 0.4) is 0 Å². The van der Waals surface area contributed by atoms with E-state index in [0.717, 1.165) is 24.2 Å². The van der Waals surface area contributed by atoms with Crippen molar-refractivity contribution in [2.45, 2.75) is 44.2 Å². The lowest BCUT2D eigenvalue weighted by Crippen LogP contribution is -2.61. The molecule has 170 valence electrons. The third kappa shape index (κ3) is 3.59. The predicted molar refractivity (Wildman–Crippen MR) is 115 cm³/mol. The number of carbonyl (C=O) groups excluding carboxylic acids is 4. The molecule has 9 nitrogen and oxygen atoms in total. The molecular formula is C23H28N4O5. The summed E-state index contributed by atoms with van der Waals surface area (Å²) in [7, 11) is 1.54. The van der Waals surface area contributed by atoms with E-state index in [2.05, 4.69) is 5.32 Å². The summed E-state index contributed by atoms with van der Waals surface area (Å²) in [4.78, 5) is 55.7. The van der Waals surface area contributed by atoms with Gasteiger partial charge in [-0.25, -0.2) is 9.69 Å². The second-order valence-electron chi connectivity index (χ2n) is 9.24. The second-order valence-corrected chi connectivity index (χ2v) is 9.24. The van der Waals surface area contributed by atoms with Crippen LogP contribution in [0.5, 0.6) is 5.75 Å². The molecule has 9 heteroatoms. The number of ether oxygens (including phenoxy) is 1. The van der Waals surface area contributed by atoms with Crippen LogP contribution in [0, 0.1) is 11.8 Å². The number of nitrogens with zero attached hydrogens (tertiary/aromatic N) is 3. The molecule has 0 saturated carbocycles. The first-order valence-corrected chi connectivity index (χ1v) is 11.3. The van der Waals surface area contributed by atoms with Crippen LogP contribution in [0.1, 0.15) is 32.1 Å². The number of hydrogen-bond acceptors (Lipinski definition) is 5. The molecular weight excluding hydrogens is 412 g/mol. The topological polar surface area (TPSA) is 99.3 Å². The lowest BCUT2D eigenvalue weighted by Gasteiger charge is -2.52. The van der Waals surface area contributed by atoms with Gasteiger partial charge in [-0.1, -0.05) is 0 Å². The molecule has 4 saturated heterocycles. The van der Waals surface area contributed by atoms with Gasteiger partial charge in [0.2, 0.25) is 11.8 Å². The van der Waals surface area contributed by atoms with Gasteiger partial charge in [-0.05, 0) is 55.4 Å². The molecule has 4 unspecified atom stereocenters. The Bertz CT molecular complexity index is 948. The number of piperidine rings is 3. The van der Waals surface area contributed by atoms with E-state index in [0.29, 0.717) is 43.4 Å². The van der Waals surface area contributed by atoms with Crippen LogP contribution in [0.2, 0.25) is 0 Å². The summed E-state index contributed by atoms with van der Waals surface area (Å²) in [6, 6.07) is 5.48. The van der Waals surface area contributed by atoms with Crippen LogP contribution >= 0.6 is 0 Å². The molecule has 4 heterocycles. The minimum absolute atomic E-state index is 0.0516. The normalized spacial score (nSPS) is 29.7. The van der Waals surface area contributed by atoms with Crippen LogP contribution in [0.15, 0.2) is 24.3 Å². The van der Waals surface area contributed by atoms with Crippen LogP contribution in [0.25, 0.3) is 0 Å². The number of carbonyl (C=O) groups is 4. The van der Waals surface area contributed by atoms with Crippen molar-refractivity contribution in [3.63, 3.8) is 0 Å². The molecule has 32 heavy (non-hydrogen) atoms. The van der Waals surface area contributed by atoms with Gasteiger partial charge in [0.05, 0.1) is 19.2 Å². The monoisotopic (exact) mass is 440 g/mol. The van der Waals surface area contributed by atoms with E-state index in [-0.39, 0.29) is 30.2 Å². The summed E-state index contributed by atoms with van der Waals surface area (Å²) >= 11 is 0. The quantitative estimate of drug-likeness (QED) is 0.713. The second kappa shape index (κ2) is 8.11. The number of nitrogens with one attached hydrogen (secondary N) is 1. The predicted octanol–water partition coefficient (Wildman–Crippen LogP) is 1.37. The van der Waals surface area contributed by atoms with Crippen molar-refractivity contribution in [3.8, 4) is 5.75 Å². The highest BCUT2D eigenvalue weighted by Crippen LogP contribution is 2.38. The fourth-order valence-electron chi connectivity index (χ4n) is 5.76. The first-order valence-electron chi connectivity index (χ1n) is 11.3. The van der Waals surface area contributed by atoms with Gasteiger partial charge in [0.15, 0.2) is 0 Å². The van der Waals surface area contributed by atoms with Crippen molar-refractivity contribution in [2.24, 2.45) is 11.8 Å². The maximum atomic E-state index is 13.1. The van der Waals surface area contributed by atoms with E-state index in [1.165, 1.54) is 0 Å². The number of rotatable bonds is 4. The Labute approximate surface area is 186 Å². The number of methoxy groups -OCH3 is 1. The average molecular weight is 441 g/mol. The summed E-state index contributed by atoms with van der Waals surface area (Å²) in [6.45, 7) is 1.93. The molecule has 1 aromatic rings. The third-order valence-corrected chi connectivity index (χ3v) is 7.26. The zero-order chi connectivity index (χ0) is 22.4. The summed E-state index contributed by atoms with van der Waals surface area (Å²) in [5.74, 6) is 0.899. The highest BCUT2D eigenvalue weighted by molar-refractivity contribution is 6.22. The number of urea groups is 1. The van der Waals surface area contributed by atoms with Gasteiger partial charge in [0, 0.05) is 32.1 Å². The van der Waals surface area contributed by atoms with Crippen molar-refractivity contribution >= 4 is 29.4 Å². The largest absolute Gasteiger partial charge is 0.497 e. The van der Waals surface area contributed by atoms with E-state index < -0.39 is 18.0 Å². The Hall–Kier alpha value is -3.10. The van der Waals surface area contributed by atoms with E-state index in [9.17, 15) is 19.2 Å². The first-order chi connectivity index (χ1) is 15.4. The van der Waals surface area contributed by atoms with E-state index >= 15 is 0 Å². The van der Waals surface area contributed by atoms with Crippen LogP contribution < -0.4 is 15.0 Å². The lowest BCUT2D eigenvalue weighted by molar-refractivity contribution is -0.149. The molecule has 0 aliphatic carbocycles. The summed E-state index contributed by atoms with van der Waals surface area (Å²) in [5, 5.41) is 2.66. The van der Waals surface area contributed by atoms with E-state index in [1.54, 1.807) is 31.4 Å². The van der Waals surface area contributed by atoms with E-state index in [1.807, 2.05) is 9.80 Å². The Balaban J connectivity index is 1.24. The summed E-state index contributed by atoms with van der Waals surface area (Å²) in [5.41, 5.74) is 0.442. The minimum atomic E-state index is -0.869. The Kier molecular flexibility index (Phi) is 5.27. The molecule has 2 bridgehead atoms. The number of benzene rings is 1. The SMILES string of the molecule is COc1ccc(N2C(=O)NC(CC(=O)N3CC4CC(C3)C3CCCC(=O)N3C4)C2=O)cc1. The number of hydrogen-bond donors (Lipinski definition) is 1. The summed E-state index contributed by atoms with van der Waals surface area (Å²) in [6.07, 6.45) is 3.54. The van der Waals surface area contributed by atoms with Gasteiger partial charge in [-0.2, -0.15) is 0 Å². The van der Waals surface area contributed by atoms with Crippen molar-refractivity contribution in [2.75, 3.05) is 31.6 Å². The molecule has 5 amide bonds. The molecule has 0 aromatic heterocycles. The maximum absolute atomic E-state index is 13.1. The Morgan fingerprint density at radius 2 is 1.91 bits per heavy atom. The first kappa shape index (κ1) is 20.8. The molecule has 4 aliphatic heterocycles. The molecule has 4 atom stereocenters. The van der Waals surface area contributed by atoms with Crippen molar-refractivity contribution in [1.82, 2.24) is 15.1 Å². The van der Waals surface area contributed by atoms with E-state index in [4.69, 9.17) is 4.74 Å². The number of likely N-dealkylation sites (tertiary alicyclic amines) is 1. The van der Waals surface area contributed by atoms with Crippen molar-refractivity contribution < 1.29 is 23.9 Å². The van der Waals surface area contributed by atoms with Gasteiger partial charge in [-0.3, -0.25) is 14.4 Å². The molecule has 4 fully saturated rings.